The van der Waals surface area contributed by atoms with Gasteiger partial charge in [0.05, 0.1) is 28.0 Å². The number of alkyl halides is 2. The van der Waals surface area contributed by atoms with E-state index in [1.165, 1.54) is 19.2 Å². The molecule has 0 aliphatic rings. The Labute approximate surface area is 186 Å². The van der Waals surface area contributed by atoms with Crippen LogP contribution in [0.4, 0.5) is 14.6 Å². The van der Waals surface area contributed by atoms with E-state index in [-0.39, 0.29) is 22.4 Å². The van der Waals surface area contributed by atoms with Crippen LogP contribution >= 0.6 is 11.6 Å². The summed E-state index contributed by atoms with van der Waals surface area (Å²) in [5.74, 6) is 0.189. The lowest BCUT2D eigenvalue weighted by molar-refractivity contribution is 0.142. The number of nitrogen functional groups attached to an aromatic ring is 1. The molecule has 0 unspecified atom stereocenters. The molecule has 3 aromatic heterocycles. The third-order valence-corrected chi connectivity index (χ3v) is 5.28. The van der Waals surface area contributed by atoms with E-state index >= 15 is 0 Å². The Morgan fingerprint density at radius 3 is 2.56 bits per heavy atom. The Balaban J connectivity index is 1.95. The number of nitrogens with one attached hydrogen (secondary N) is 1. The van der Waals surface area contributed by atoms with Gasteiger partial charge in [-0.25, -0.2) is 18.4 Å². The van der Waals surface area contributed by atoms with Crippen LogP contribution in [0, 0.1) is 18.3 Å². The molecule has 3 N–H and O–H groups in total. The summed E-state index contributed by atoms with van der Waals surface area (Å²) in [7, 11) is 1.78. The van der Waals surface area contributed by atoms with E-state index in [1.54, 1.807) is 29.9 Å². The number of hydrogen-bond acceptors (Lipinski definition) is 5. The van der Waals surface area contributed by atoms with E-state index in [9.17, 15) is 8.78 Å². The fourth-order valence-electron chi connectivity index (χ4n) is 3.38. The molecule has 0 atom stereocenters. The van der Waals surface area contributed by atoms with Gasteiger partial charge in [-0.1, -0.05) is 23.7 Å². The van der Waals surface area contributed by atoms with E-state index < -0.39 is 12.1 Å². The summed E-state index contributed by atoms with van der Waals surface area (Å²) >= 11 is 6.02. The molecule has 0 amide bonds. The highest BCUT2D eigenvalue weighted by Crippen LogP contribution is 2.31. The predicted molar refractivity (Wildman–Crippen MR) is 117 cm³/mol. The van der Waals surface area contributed by atoms with Gasteiger partial charge in [0.1, 0.15) is 11.5 Å². The number of fused-ring (bicyclic) bond motifs is 1. The lowest BCUT2D eigenvalue weighted by Gasteiger charge is -2.05. The smallest absolute Gasteiger partial charge is 0.282 e. The first kappa shape index (κ1) is 21.3. The predicted octanol–water partition coefficient (Wildman–Crippen LogP) is 4.63. The first-order valence-electron chi connectivity index (χ1n) is 9.39. The molecule has 0 radical (unpaired) electrons. The zero-order chi connectivity index (χ0) is 23.0. The van der Waals surface area contributed by atoms with Crippen molar-refractivity contribution in [2.45, 2.75) is 13.3 Å². The number of nitriles is 1. The summed E-state index contributed by atoms with van der Waals surface area (Å²) in [6, 6.07) is 12.2. The average molecular weight is 455 g/mol. The monoisotopic (exact) mass is 454 g/mol. The van der Waals surface area contributed by atoms with Crippen molar-refractivity contribution in [1.29, 1.82) is 5.26 Å². The lowest BCUT2D eigenvalue weighted by atomic mass is 10.1. The molecule has 4 rings (SSSR count). The van der Waals surface area contributed by atoms with Crippen molar-refractivity contribution < 1.29 is 8.78 Å². The molecule has 0 spiro atoms. The summed E-state index contributed by atoms with van der Waals surface area (Å²) in [5, 5.41) is 18.2. The Morgan fingerprint density at radius 1 is 1.19 bits per heavy atom. The Hall–Kier alpha value is -3.97. The number of hydrogen-bond donors (Lipinski definition) is 2. The third kappa shape index (κ3) is 3.74. The lowest BCUT2D eigenvalue weighted by Crippen LogP contribution is -2.05. The number of benzene rings is 1. The van der Waals surface area contributed by atoms with E-state index in [0.29, 0.717) is 16.6 Å². The summed E-state index contributed by atoms with van der Waals surface area (Å²) in [4.78, 5) is 7.29. The Kier molecular flexibility index (Phi) is 5.50. The molecule has 0 saturated heterocycles. The number of nitrogens with two attached hydrogens (primary N) is 1. The quantitative estimate of drug-likeness (QED) is 0.468. The number of anilines is 1. The minimum absolute atomic E-state index is 0.0611. The summed E-state index contributed by atoms with van der Waals surface area (Å²) in [6.07, 6.45) is -1.39. The average Bonchev–Trinajstić information content (AvgIpc) is 3.24. The van der Waals surface area contributed by atoms with Gasteiger partial charge in [-0.05, 0) is 25.1 Å². The molecule has 0 fully saturated rings. The number of halogens is 3. The normalized spacial score (nSPS) is 11.0. The SMILES string of the molecule is Cc1nn(-c2cc(N)[nH]c3nn(C)c(-c4ccc(C#N)cc4)c3ccn2)c(C(F)F)c1Cl. The van der Waals surface area contributed by atoms with Gasteiger partial charge in [0, 0.05) is 30.3 Å². The number of aromatic nitrogens is 6. The second-order valence-corrected chi connectivity index (χ2v) is 7.33. The van der Waals surface area contributed by atoms with Crippen LogP contribution in [0.15, 0.2) is 42.6 Å². The molecular formula is C21H17ClF2N8. The van der Waals surface area contributed by atoms with Crippen molar-refractivity contribution in [2.75, 3.05) is 5.73 Å². The standard InChI is InChI=1S/C21H17ClF2N8/c1-11-17(22)19(20(23)24)32(29-11)16-9-15(26)28-21-14(7-8-27-16)18(31(2)30-21)13-5-3-12(10-25)4-6-13/h3-9,20H,26H2,1-2H3,(H,28,30). The van der Waals surface area contributed by atoms with Crippen molar-refractivity contribution >= 4 is 28.5 Å². The van der Waals surface area contributed by atoms with Gasteiger partial charge in [-0.3, -0.25) is 4.68 Å². The maximum absolute atomic E-state index is 13.6. The van der Waals surface area contributed by atoms with E-state index in [4.69, 9.17) is 22.6 Å². The summed E-state index contributed by atoms with van der Waals surface area (Å²) < 4.78 is 29.9. The van der Waals surface area contributed by atoms with Gasteiger partial charge >= 0.3 is 0 Å². The third-order valence-electron chi connectivity index (χ3n) is 4.81. The maximum Gasteiger partial charge on any atom is 0.282 e. The molecule has 32 heavy (non-hydrogen) atoms. The molecule has 8 nitrogen and oxygen atoms in total. The minimum atomic E-state index is -2.85. The molecule has 0 saturated carbocycles. The summed E-state index contributed by atoms with van der Waals surface area (Å²) in [6.45, 7) is 1.53. The highest BCUT2D eigenvalue weighted by atomic mass is 35.5. The highest BCUT2D eigenvalue weighted by molar-refractivity contribution is 6.31. The van der Waals surface area contributed by atoms with Gasteiger partial charge in [-0.15, -0.1) is 0 Å². The maximum atomic E-state index is 13.6. The molecule has 0 aliphatic heterocycles. The zero-order valence-corrected chi connectivity index (χ0v) is 17.8. The Morgan fingerprint density at radius 2 is 1.91 bits per heavy atom. The molecule has 4 aromatic rings. The minimum Gasteiger partial charge on any atom is -0.385 e. The second-order valence-electron chi connectivity index (χ2n) is 6.95. The first-order valence-corrected chi connectivity index (χ1v) is 9.77. The van der Waals surface area contributed by atoms with Crippen molar-refractivity contribution in [2.24, 2.45) is 7.05 Å². The fraction of sp³-hybridized carbons (Fsp3) is 0.143. The van der Waals surface area contributed by atoms with Crippen molar-refractivity contribution in [3.8, 4) is 23.1 Å². The van der Waals surface area contributed by atoms with Gasteiger partial charge < -0.3 is 10.7 Å². The Bertz CT molecular complexity index is 1410. The molecular weight excluding hydrogens is 438 g/mol. The molecule has 11 heteroatoms. The number of nitrogens with zero attached hydrogens (tertiary/aromatic N) is 6. The molecule has 1 aromatic carbocycles. The van der Waals surface area contributed by atoms with Crippen LogP contribution in [0.5, 0.6) is 0 Å². The van der Waals surface area contributed by atoms with Crippen LogP contribution in [0.1, 0.15) is 23.4 Å². The largest absolute Gasteiger partial charge is 0.385 e. The molecule has 162 valence electrons. The van der Waals surface area contributed by atoms with E-state index in [1.807, 2.05) is 12.1 Å². The second kappa shape index (κ2) is 8.28. The van der Waals surface area contributed by atoms with Crippen LogP contribution in [-0.4, -0.2) is 29.5 Å². The van der Waals surface area contributed by atoms with Crippen LogP contribution in [0.3, 0.4) is 0 Å². The zero-order valence-electron chi connectivity index (χ0n) is 17.0. The van der Waals surface area contributed by atoms with Crippen molar-refractivity contribution in [1.82, 2.24) is 29.5 Å². The van der Waals surface area contributed by atoms with Crippen LogP contribution in [0.2, 0.25) is 5.02 Å². The number of aromatic amines is 1. The van der Waals surface area contributed by atoms with Gasteiger partial charge in [0.2, 0.25) is 0 Å². The number of aryl methyl sites for hydroxylation is 2. The molecule has 0 aliphatic carbocycles. The number of H-pyrrole nitrogens is 1. The van der Waals surface area contributed by atoms with Crippen LogP contribution < -0.4 is 5.73 Å². The van der Waals surface area contributed by atoms with Gasteiger partial charge in [0.15, 0.2) is 11.5 Å². The molecule has 3 heterocycles. The van der Waals surface area contributed by atoms with Gasteiger partial charge in [-0.2, -0.15) is 15.5 Å². The van der Waals surface area contributed by atoms with Crippen molar-refractivity contribution in [3.05, 3.63) is 64.6 Å². The van der Waals surface area contributed by atoms with Crippen LogP contribution in [0.25, 0.3) is 28.1 Å². The number of rotatable bonds is 3. The summed E-state index contributed by atoms with van der Waals surface area (Å²) in [5.41, 5.74) is 8.48. The van der Waals surface area contributed by atoms with Crippen molar-refractivity contribution in [3.63, 3.8) is 0 Å². The topological polar surface area (TPSA) is 114 Å². The fourth-order valence-corrected chi connectivity index (χ4v) is 3.58. The van der Waals surface area contributed by atoms with Crippen LogP contribution in [-0.2, 0) is 7.05 Å². The highest BCUT2D eigenvalue weighted by Gasteiger charge is 2.23. The van der Waals surface area contributed by atoms with E-state index in [2.05, 4.69) is 26.2 Å². The molecule has 0 bridgehead atoms. The first-order chi connectivity index (χ1) is 15.3. The van der Waals surface area contributed by atoms with E-state index in [0.717, 1.165) is 15.9 Å². The van der Waals surface area contributed by atoms with Gasteiger partial charge in [0.25, 0.3) is 6.43 Å².